The number of hydrogen-bond acceptors (Lipinski definition) is 6. The van der Waals surface area contributed by atoms with E-state index in [-0.39, 0.29) is 13.2 Å². The normalized spacial score (nSPS) is 9.46. The standard InChI is InChI=1S/C7H12N2O4/c1-3-12-6(10)5(9-8)7(11)13-4-2/h5,8H,3-4H2,1-2H3. The Bertz CT molecular complexity index is 187. The maximum Gasteiger partial charge on any atom is 0.344 e. The van der Waals surface area contributed by atoms with Gasteiger partial charge in [-0.1, -0.05) is 0 Å². The van der Waals surface area contributed by atoms with Gasteiger partial charge in [-0.05, 0) is 13.8 Å². The van der Waals surface area contributed by atoms with E-state index in [1.54, 1.807) is 13.8 Å². The van der Waals surface area contributed by atoms with Crippen LogP contribution in [0.2, 0.25) is 0 Å². The van der Waals surface area contributed by atoms with E-state index >= 15 is 0 Å². The third kappa shape index (κ3) is 3.64. The Balaban J connectivity index is 4.23. The van der Waals surface area contributed by atoms with Gasteiger partial charge in [-0.25, -0.2) is 15.1 Å². The number of rotatable bonds is 5. The Morgan fingerprint density at radius 2 is 1.62 bits per heavy atom. The minimum absolute atomic E-state index is 0.143. The van der Waals surface area contributed by atoms with Gasteiger partial charge in [-0.15, -0.1) is 0 Å². The lowest BCUT2D eigenvalue weighted by Crippen LogP contribution is -2.31. The molecule has 0 fully saturated rings. The molecular weight excluding hydrogens is 176 g/mol. The van der Waals surface area contributed by atoms with Crippen LogP contribution in [-0.4, -0.2) is 31.2 Å². The second-order valence-electron chi connectivity index (χ2n) is 2.04. The van der Waals surface area contributed by atoms with Crippen LogP contribution in [0.4, 0.5) is 0 Å². The fourth-order valence-corrected chi connectivity index (χ4v) is 0.644. The van der Waals surface area contributed by atoms with Gasteiger partial charge in [0.25, 0.3) is 6.04 Å². The Morgan fingerprint density at radius 3 is 1.85 bits per heavy atom. The van der Waals surface area contributed by atoms with Crippen molar-refractivity contribution in [2.75, 3.05) is 13.2 Å². The zero-order valence-electron chi connectivity index (χ0n) is 7.57. The summed E-state index contributed by atoms with van der Waals surface area (Å²) >= 11 is 0. The largest absolute Gasteiger partial charge is 0.464 e. The van der Waals surface area contributed by atoms with Crippen LogP contribution >= 0.6 is 0 Å². The van der Waals surface area contributed by atoms with Crippen molar-refractivity contribution in [1.29, 1.82) is 5.53 Å². The molecule has 6 nitrogen and oxygen atoms in total. The number of carbonyl (C=O) groups excluding carboxylic acids is 2. The van der Waals surface area contributed by atoms with Crippen molar-refractivity contribution in [3.8, 4) is 0 Å². The molecule has 0 aliphatic carbocycles. The van der Waals surface area contributed by atoms with E-state index in [0.29, 0.717) is 0 Å². The number of nitrogens with one attached hydrogen (secondary N) is 1. The van der Waals surface area contributed by atoms with E-state index in [1.165, 1.54) is 0 Å². The molecule has 0 aliphatic rings. The first-order valence-electron chi connectivity index (χ1n) is 3.87. The Morgan fingerprint density at radius 1 is 1.23 bits per heavy atom. The number of nitrogens with zero attached hydrogens (tertiary/aromatic N) is 1. The molecule has 0 spiro atoms. The molecule has 0 bridgehead atoms. The van der Waals surface area contributed by atoms with Crippen molar-refractivity contribution in [3.05, 3.63) is 0 Å². The Labute approximate surface area is 75.7 Å². The summed E-state index contributed by atoms with van der Waals surface area (Å²) in [5.74, 6) is -1.70. The van der Waals surface area contributed by atoms with Crippen molar-refractivity contribution in [2.45, 2.75) is 19.9 Å². The quantitative estimate of drug-likeness (QED) is 0.386. The summed E-state index contributed by atoms with van der Waals surface area (Å²) in [6.07, 6.45) is 0. The molecule has 6 heteroatoms. The summed E-state index contributed by atoms with van der Waals surface area (Å²) in [6, 6.07) is -1.47. The van der Waals surface area contributed by atoms with Crippen LogP contribution < -0.4 is 0 Å². The highest BCUT2D eigenvalue weighted by molar-refractivity contribution is 5.99. The predicted octanol–water partition coefficient (Wildman–Crippen LogP) is 0.512. The monoisotopic (exact) mass is 188 g/mol. The molecular formula is C7H12N2O4. The summed E-state index contributed by atoms with van der Waals surface area (Å²) in [5.41, 5.74) is 6.60. The molecule has 0 radical (unpaired) electrons. The molecule has 0 rings (SSSR count). The predicted molar refractivity (Wildman–Crippen MR) is 42.2 cm³/mol. The lowest BCUT2D eigenvalue weighted by Gasteiger charge is -2.07. The van der Waals surface area contributed by atoms with Crippen LogP contribution in [0, 0.1) is 5.53 Å². The van der Waals surface area contributed by atoms with Crippen LogP contribution in [-0.2, 0) is 19.1 Å². The zero-order chi connectivity index (χ0) is 10.3. The lowest BCUT2D eigenvalue weighted by atomic mass is 10.3. The lowest BCUT2D eigenvalue weighted by molar-refractivity contribution is -0.156. The average molecular weight is 188 g/mol. The molecule has 74 valence electrons. The van der Waals surface area contributed by atoms with E-state index < -0.39 is 18.0 Å². The topological polar surface area (TPSA) is 88.8 Å². The maximum absolute atomic E-state index is 11.0. The van der Waals surface area contributed by atoms with Gasteiger partial charge in [-0.2, -0.15) is 5.11 Å². The van der Waals surface area contributed by atoms with Crippen LogP contribution in [0.5, 0.6) is 0 Å². The van der Waals surface area contributed by atoms with Gasteiger partial charge in [0.15, 0.2) is 0 Å². The van der Waals surface area contributed by atoms with Gasteiger partial charge in [0.1, 0.15) is 0 Å². The van der Waals surface area contributed by atoms with E-state index in [0.717, 1.165) is 0 Å². The number of hydrogen-bond donors (Lipinski definition) is 1. The zero-order valence-corrected chi connectivity index (χ0v) is 7.57. The molecule has 0 atom stereocenters. The highest BCUT2D eigenvalue weighted by atomic mass is 16.6. The van der Waals surface area contributed by atoms with Crippen LogP contribution in [0.1, 0.15) is 13.8 Å². The van der Waals surface area contributed by atoms with Gasteiger partial charge < -0.3 is 9.47 Å². The molecule has 0 heterocycles. The van der Waals surface area contributed by atoms with Gasteiger partial charge >= 0.3 is 11.9 Å². The summed E-state index contributed by atoms with van der Waals surface area (Å²) < 4.78 is 9.02. The van der Waals surface area contributed by atoms with E-state index in [1.807, 2.05) is 0 Å². The van der Waals surface area contributed by atoms with Crippen molar-refractivity contribution in [2.24, 2.45) is 5.11 Å². The second-order valence-corrected chi connectivity index (χ2v) is 2.04. The van der Waals surface area contributed by atoms with E-state index in [2.05, 4.69) is 14.6 Å². The summed E-state index contributed by atoms with van der Waals surface area (Å²) in [4.78, 5) is 21.9. The first-order valence-corrected chi connectivity index (χ1v) is 3.87. The number of carbonyl (C=O) groups is 2. The molecule has 0 aromatic heterocycles. The van der Waals surface area contributed by atoms with Gasteiger partial charge in [0.05, 0.1) is 13.2 Å². The molecule has 0 aromatic carbocycles. The molecule has 0 saturated carbocycles. The molecule has 0 aliphatic heterocycles. The molecule has 0 aromatic rings. The van der Waals surface area contributed by atoms with Gasteiger partial charge in [0, 0.05) is 0 Å². The van der Waals surface area contributed by atoms with Gasteiger partial charge in [0.2, 0.25) is 0 Å². The summed E-state index contributed by atoms with van der Waals surface area (Å²) in [6.45, 7) is 3.49. The van der Waals surface area contributed by atoms with Crippen molar-refractivity contribution < 1.29 is 19.1 Å². The van der Waals surface area contributed by atoms with Crippen LogP contribution in [0.15, 0.2) is 5.11 Å². The molecule has 0 saturated heterocycles. The maximum atomic E-state index is 11.0. The number of esters is 2. The van der Waals surface area contributed by atoms with Crippen LogP contribution in [0.25, 0.3) is 0 Å². The summed E-state index contributed by atoms with van der Waals surface area (Å²) in [7, 11) is 0. The van der Waals surface area contributed by atoms with E-state index in [4.69, 9.17) is 5.53 Å². The summed E-state index contributed by atoms with van der Waals surface area (Å²) in [5, 5.41) is 2.83. The average Bonchev–Trinajstić information content (AvgIpc) is 2.06. The second kappa shape index (κ2) is 6.10. The Hall–Kier alpha value is -1.46. The van der Waals surface area contributed by atoms with Crippen molar-refractivity contribution >= 4 is 11.9 Å². The number of ether oxygens (including phenoxy) is 2. The third-order valence-corrected chi connectivity index (χ3v) is 1.15. The fraction of sp³-hybridized carbons (Fsp3) is 0.714. The highest BCUT2D eigenvalue weighted by Gasteiger charge is 2.28. The first-order chi connectivity index (χ1) is 6.17. The highest BCUT2D eigenvalue weighted by Crippen LogP contribution is 1.98. The van der Waals surface area contributed by atoms with E-state index in [9.17, 15) is 9.59 Å². The molecule has 0 amide bonds. The van der Waals surface area contributed by atoms with Crippen molar-refractivity contribution in [3.63, 3.8) is 0 Å². The first kappa shape index (κ1) is 11.5. The molecule has 13 heavy (non-hydrogen) atoms. The SMILES string of the molecule is CCOC(=O)C(N=N)C(=O)OCC. The minimum Gasteiger partial charge on any atom is -0.464 e. The molecule has 1 N–H and O–H groups in total. The minimum atomic E-state index is -1.47. The van der Waals surface area contributed by atoms with Gasteiger partial charge in [-0.3, -0.25) is 0 Å². The molecule has 0 unspecified atom stereocenters. The van der Waals surface area contributed by atoms with Crippen molar-refractivity contribution in [1.82, 2.24) is 0 Å². The third-order valence-electron chi connectivity index (χ3n) is 1.15. The van der Waals surface area contributed by atoms with Crippen LogP contribution in [0.3, 0.4) is 0 Å². The Kier molecular flexibility index (Phi) is 5.42. The fourth-order valence-electron chi connectivity index (χ4n) is 0.644. The smallest absolute Gasteiger partial charge is 0.344 e.